The highest BCUT2D eigenvalue weighted by atomic mass is 19.1. The minimum atomic E-state index is -1.24. The molecule has 1 aromatic heterocycles. The first-order valence-corrected chi connectivity index (χ1v) is 4.58. The predicted octanol–water partition coefficient (Wildman–Crippen LogP) is 0.684. The van der Waals surface area contributed by atoms with E-state index in [4.69, 9.17) is 5.11 Å². The van der Waals surface area contributed by atoms with Crippen LogP contribution >= 0.6 is 0 Å². The van der Waals surface area contributed by atoms with Crippen molar-refractivity contribution in [3.8, 4) is 0 Å². The van der Waals surface area contributed by atoms with Gasteiger partial charge in [-0.05, 0) is 13.1 Å². The van der Waals surface area contributed by atoms with E-state index in [9.17, 15) is 4.39 Å². The van der Waals surface area contributed by atoms with Gasteiger partial charge in [0, 0.05) is 24.8 Å². The first kappa shape index (κ1) is 9.55. The minimum Gasteiger partial charge on any atom is -0.390 e. The Morgan fingerprint density at radius 3 is 2.71 bits per heavy atom. The summed E-state index contributed by atoms with van der Waals surface area (Å²) < 4.78 is 14.0. The van der Waals surface area contributed by atoms with Crippen LogP contribution in [0.4, 0.5) is 4.39 Å². The Bertz CT molecular complexity index is 319. The van der Waals surface area contributed by atoms with E-state index in [-0.39, 0.29) is 6.61 Å². The molecular formula is C10H13FN2O. The summed E-state index contributed by atoms with van der Waals surface area (Å²) >= 11 is 0. The van der Waals surface area contributed by atoms with Crippen LogP contribution in [-0.2, 0) is 12.3 Å². The molecule has 2 heterocycles. The summed E-state index contributed by atoms with van der Waals surface area (Å²) in [6, 6.07) is 3.36. The number of likely N-dealkylation sites (tertiary alicyclic amines) is 1. The number of hydrogen-bond acceptors (Lipinski definition) is 3. The summed E-state index contributed by atoms with van der Waals surface area (Å²) in [6.07, 6.45) is 1.51. The van der Waals surface area contributed by atoms with Crippen molar-refractivity contribution < 1.29 is 9.50 Å². The van der Waals surface area contributed by atoms with Gasteiger partial charge >= 0.3 is 0 Å². The third kappa shape index (κ3) is 1.51. The fraction of sp³-hybridized carbons (Fsp3) is 0.500. The monoisotopic (exact) mass is 196 g/mol. The highest BCUT2D eigenvalue weighted by molar-refractivity contribution is 5.24. The molecular weight excluding hydrogens is 183 g/mol. The lowest BCUT2D eigenvalue weighted by Gasteiger charge is -2.42. The number of rotatable bonds is 2. The second-order valence-electron chi connectivity index (χ2n) is 3.83. The topological polar surface area (TPSA) is 36.4 Å². The van der Waals surface area contributed by atoms with Gasteiger partial charge < -0.3 is 5.11 Å². The summed E-state index contributed by atoms with van der Waals surface area (Å²) in [6.45, 7) is 0.750. The maximum absolute atomic E-state index is 14.0. The van der Waals surface area contributed by atoms with Crippen LogP contribution in [0.3, 0.4) is 0 Å². The maximum atomic E-state index is 14.0. The average molecular weight is 196 g/mol. The van der Waals surface area contributed by atoms with Crippen molar-refractivity contribution in [2.75, 3.05) is 20.1 Å². The number of pyridine rings is 1. The van der Waals surface area contributed by atoms with Crippen LogP contribution in [0.5, 0.6) is 0 Å². The molecule has 76 valence electrons. The molecule has 2 rings (SSSR count). The van der Waals surface area contributed by atoms with E-state index in [0.29, 0.717) is 24.3 Å². The zero-order valence-electron chi connectivity index (χ0n) is 8.07. The fourth-order valence-corrected chi connectivity index (χ4v) is 1.77. The van der Waals surface area contributed by atoms with Gasteiger partial charge in [-0.3, -0.25) is 9.88 Å². The maximum Gasteiger partial charge on any atom is 0.162 e. The van der Waals surface area contributed by atoms with Gasteiger partial charge in [0.15, 0.2) is 5.67 Å². The lowest BCUT2D eigenvalue weighted by Crippen LogP contribution is -2.54. The van der Waals surface area contributed by atoms with Crippen molar-refractivity contribution in [3.05, 3.63) is 29.6 Å². The number of aliphatic hydroxyl groups is 1. The van der Waals surface area contributed by atoms with E-state index in [1.54, 1.807) is 12.1 Å². The van der Waals surface area contributed by atoms with Crippen LogP contribution in [0.25, 0.3) is 0 Å². The van der Waals surface area contributed by atoms with E-state index in [2.05, 4.69) is 4.98 Å². The lowest BCUT2D eigenvalue weighted by atomic mass is 9.89. The Morgan fingerprint density at radius 1 is 1.57 bits per heavy atom. The number of aliphatic hydroxyl groups excluding tert-OH is 1. The molecule has 1 N–H and O–H groups in total. The second kappa shape index (κ2) is 3.29. The van der Waals surface area contributed by atoms with Crippen LogP contribution < -0.4 is 0 Å². The van der Waals surface area contributed by atoms with Gasteiger partial charge in [-0.25, -0.2) is 4.39 Å². The third-order valence-electron chi connectivity index (χ3n) is 2.55. The average Bonchev–Trinajstić information content (AvgIpc) is 2.16. The van der Waals surface area contributed by atoms with Gasteiger partial charge in [0.1, 0.15) is 0 Å². The zero-order chi connectivity index (χ0) is 10.2. The molecule has 1 saturated heterocycles. The predicted molar refractivity (Wildman–Crippen MR) is 50.4 cm³/mol. The molecule has 0 saturated carbocycles. The standard InChI is InChI=1S/C10H13FN2O/c1-13-6-10(11,7-13)8-2-3-9(5-14)12-4-8/h2-4,14H,5-7H2,1H3. The molecule has 1 aliphatic heterocycles. The van der Waals surface area contributed by atoms with Crippen molar-refractivity contribution in [2.45, 2.75) is 12.3 Å². The largest absolute Gasteiger partial charge is 0.390 e. The molecule has 0 amide bonds. The van der Waals surface area contributed by atoms with Crippen molar-refractivity contribution in [3.63, 3.8) is 0 Å². The third-order valence-corrected chi connectivity index (χ3v) is 2.55. The summed E-state index contributed by atoms with van der Waals surface area (Å²) in [5, 5.41) is 8.78. The zero-order valence-corrected chi connectivity index (χ0v) is 8.07. The van der Waals surface area contributed by atoms with Gasteiger partial charge in [-0.2, -0.15) is 0 Å². The van der Waals surface area contributed by atoms with Crippen molar-refractivity contribution in [2.24, 2.45) is 0 Å². The van der Waals surface area contributed by atoms with Crippen molar-refractivity contribution in [1.82, 2.24) is 9.88 Å². The summed E-state index contributed by atoms with van der Waals surface area (Å²) in [4.78, 5) is 5.88. The van der Waals surface area contributed by atoms with Crippen LogP contribution in [0.15, 0.2) is 18.3 Å². The molecule has 0 radical (unpaired) electrons. The Hall–Kier alpha value is -1.00. The lowest BCUT2D eigenvalue weighted by molar-refractivity contribution is -0.0197. The molecule has 0 atom stereocenters. The van der Waals surface area contributed by atoms with E-state index in [1.165, 1.54) is 6.20 Å². The number of aromatic nitrogens is 1. The molecule has 0 spiro atoms. The molecule has 0 unspecified atom stereocenters. The van der Waals surface area contributed by atoms with Crippen LogP contribution in [0, 0.1) is 0 Å². The first-order chi connectivity index (χ1) is 6.64. The SMILES string of the molecule is CN1CC(F)(c2ccc(CO)nc2)C1. The van der Waals surface area contributed by atoms with E-state index < -0.39 is 5.67 Å². The number of nitrogens with zero attached hydrogens (tertiary/aromatic N) is 2. The van der Waals surface area contributed by atoms with Crippen molar-refractivity contribution >= 4 is 0 Å². The van der Waals surface area contributed by atoms with Gasteiger partial charge in [0.2, 0.25) is 0 Å². The number of halogens is 1. The number of alkyl halides is 1. The smallest absolute Gasteiger partial charge is 0.162 e. The molecule has 3 nitrogen and oxygen atoms in total. The molecule has 0 bridgehead atoms. The number of hydrogen-bond donors (Lipinski definition) is 1. The first-order valence-electron chi connectivity index (χ1n) is 4.58. The molecule has 4 heteroatoms. The summed E-state index contributed by atoms with van der Waals surface area (Å²) in [7, 11) is 1.88. The fourth-order valence-electron chi connectivity index (χ4n) is 1.77. The van der Waals surface area contributed by atoms with Crippen LogP contribution in [0.1, 0.15) is 11.3 Å². The van der Waals surface area contributed by atoms with Gasteiger partial charge in [0.25, 0.3) is 0 Å². The Kier molecular flexibility index (Phi) is 2.25. The Labute approximate surface area is 82.2 Å². The van der Waals surface area contributed by atoms with Gasteiger partial charge in [-0.1, -0.05) is 6.07 Å². The highest BCUT2D eigenvalue weighted by Gasteiger charge is 2.43. The number of likely N-dealkylation sites (N-methyl/N-ethyl adjacent to an activating group) is 1. The summed E-state index contributed by atoms with van der Waals surface area (Å²) in [5.41, 5.74) is -0.0618. The normalized spacial score (nSPS) is 20.5. The molecule has 14 heavy (non-hydrogen) atoms. The molecule has 1 fully saturated rings. The Morgan fingerprint density at radius 2 is 2.29 bits per heavy atom. The van der Waals surface area contributed by atoms with E-state index in [0.717, 1.165) is 0 Å². The molecule has 0 aliphatic carbocycles. The Balaban J connectivity index is 2.17. The van der Waals surface area contributed by atoms with Crippen LogP contribution in [0.2, 0.25) is 0 Å². The highest BCUT2D eigenvalue weighted by Crippen LogP contribution is 2.34. The van der Waals surface area contributed by atoms with Gasteiger partial charge in [0.05, 0.1) is 12.3 Å². The van der Waals surface area contributed by atoms with Crippen LogP contribution in [-0.4, -0.2) is 35.1 Å². The quantitative estimate of drug-likeness (QED) is 0.755. The molecule has 0 aromatic carbocycles. The second-order valence-corrected chi connectivity index (χ2v) is 3.83. The van der Waals surface area contributed by atoms with Crippen molar-refractivity contribution in [1.29, 1.82) is 0 Å². The van der Waals surface area contributed by atoms with Gasteiger partial charge in [-0.15, -0.1) is 0 Å². The molecule has 1 aliphatic rings. The molecule has 1 aromatic rings. The van der Waals surface area contributed by atoms with E-state index in [1.807, 2.05) is 11.9 Å². The minimum absolute atomic E-state index is 0.0977. The van der Waals surface area contributed by atoms with E-state index >= 15 is 0 Å². The summed E-state index contributed by atoms with van der Waals surface area (Å²) in [5.74, 6) is 0.